The maximum atomic E-state index is 13.0. The molecule has 1 saturated carbocycles. The van der Waals surface area contributed by atoms with Gasteiger partial charge in [-0.1, -0.05) is 11.6 Å². The van der Waals surface area contributed by atoms with Crippen molar-refractivity contribution in [2.45, 2.75) is 45.6 Å². The number of hydrogen-bond donors (Lipinski definition) is 1. The molecule has 1 aliphatic carbocycles. The Morgan fingerprint density at radius 3 is 2.00 bits per heavy atom. The van der Waals surface area contributed by atoms with Crippen molar-refractivity contribution in [1.29, 1.82) is 0 Å². The summed E-state index contributed by atoms with van der Waals surface area (Å²) in [5, 5.41) is 10.7. The molecule has 0 saturated heterocycles. The molecule has 1 N–H and O–H groups in total. The van der Waals surface area contributed by atoms with Crippen LogP contribution in [0, 0.1) is 10.8 Å². The lowest BCUT2D eigenvalue weighted by molar-refractivity contribution is -0.151. The Morgan fingerprint density at radius 1 is 1.09 bits per heavy atom. The first-order chi connectivity index (χ1) is 14.8. The fourth-order valence-electron chi connectivity index (χ4n) is 3.92. The minimum Gasteiger partial charge on any atom is -0.506 e. The van der Waals surface area contributed by atoms with E-state index in [-0.39, 0.29) is 27.6 Å². The zero-order chi connectivity index (χ0) is 25.7. The van der Waals surface area contributed by atoms with Gasteiger partial charge in [0.25, 0.3) is 6.43 Å². The van der Waals surface area contributed by atoms with Crippen molar-refractivity contribution in [1.82, 2.24) is 4.90 Å². The number of hydrogen-bond acceptors (Lipinski definition) is 7. The third-order valence-corrected chi connectivity index (χ3v) is 7.31. The topological polar surface area (TPSA) is 109 Å². The number of alkyl halides is 2. The second-order valence-corrected chi connectivity index (χ2v) is 11.6. The van der Waals surface area contributed by atoms with Crippen LogP contribution in [0.2, 0.25) is 5.02 Å². The van der Waals surface area contributed by atoms with Crippen molar-refractivity contribution in [3.05, 3.63) is 33.9 Å². The molecule has 0 unspecified atom stereocenters. The van der Waals surface area contributed by atoms with Gasteiger partial charge in [0, 0.05) is 23.9 Å². The number of halogens is 3. The van der Waals surface area contributed by atoms with Crippen LogP contribution in [0.1, 0.15) is 38.8 Å². The van der Waals surface area contributed by atoms with Crippen LogP contribution < -0.4 is 0 Å². The number of aliphatic hydroxyl groups excluding tert-OH is 1. The van der Waals surface area contributed by atoms with Gasteiger partial charge in [-0.25, -0.2) is 17.2 Å². The fraction of sp³-hybridized carbons (Fsp3) is 0.500. The van der Waals surface area contributed by atoms with Crippen molar-refractivity contribution in [2.75, 3.05) is 19.8 Å². The quantitative estimate of drug-likeness (QED) is 0.273. The summed E-state index contributed by atoms with van der Waals surface area (Å²) < 4.78 is 50.1. The van der Waals surface area contributed by atoms with E-state index in [1.807, 2.05) is 0 Å². The molecule has 2 rings (SSSR count). The minimum absolute atomic E-state index is 0.0720. The molecule has 0 aromatic heterocycles. The number of nitrogens with zero attached hydrogens (tertiary/aromatic N) is 1. The minimum atomic E-state index is -3.84. The third kappa shape index (κ3) is 4.88. The molecule has 0 amide bonds. The predicted octanol–water partition coefficient (Wildman–Crippen LogP) is 3.48. The van der Waals surface area contributed by atoms with Crippen LogP contribution in [0.4, 0.5) is 8.78 Å². The lowest BCUT2D eigenvalue weighted by atomic mass is 9.60. The van der Waals surface area contributed by atoms with Crippen LogP contribution in [0.25, 0.3) is 5.76 Å². The SMILES string of the molecule is CN(Cc1c(S(C)(=O)=O)ccc(C(O)=C2C(=O)C(C)(C)C(=O)C(C)(C)C2=O)c1Cl)CC(F)F. The molecule has 11 heteroatoms. The molecule has 0 spiro atoms. The van der Waals surface area contributed by atoms with Gasteiger partial charge in [0.15, 0.2) is 27.2 Å². The second kappa shape index (κ2) is 8.88. The molecule has 182 valence electrons. The first kappa shape index (κ1) is 27.1. The van der Waals surface area contributed by atoms with Gasteiger partial charge in [0.2, 0.25) is 0 Å². The Labute approximate surface area is 196 Å². The molecule has 33 heavy (non-hydrogen) atoms. The van der Waals surface area contributed by atoms with Crippen LogP contribution >= 0.6 is 11.6 Å². The summed E-state index contributed by atoms with van der Waals surface area (Å²) >= 11 is 6.42. The summed E-state index contributed by atoms with van der Waals surface area (Å²) in [6.07, 6.45) is -1.77. The second-order valence-electron chi connectivity index (χ2n) is 9.22. The van der Waals surface area contributed by atoms with E-state index >= 15 is 0 Å². The van der Waals surface area contributed by atoms with Gasteiger partial charge < -0.3 is 5.11 Å². The number of aliphatic hydroxyl groups is 1. The molecular weight excluding hydrogens is 480 g/mol. The lowest BCUT2D eigenvalue weighted by Gasteiger charge is -2.37. The van der Waals surface area contributed by atoms with E-state index in [2.05, 4.69) is 0 Å². The first-order valence-corrected chi connectivity index (χ1v) is 12.2. The number of benzene rings is 1. The average Bonchev–Trinajstić information content (AvgIpc) is 2.66. The molecule has 0 heterocycles. The molecule has 0 aliphatic heterocycles. The van der Waals surface area contributed by atoms with Crippen molar-refractivity contribution < 1.29 is 36.7 Å². The zero-order valence-electron chi connectivity index (χ0n) is 19.1. The van der Waals surface area contributed by atoms with Gasteiger partial charge in [0.1, 0.15) is 11.3 Å². The summed E-state index contributed by atoms with van der Waals surface area (Å²) in [4.78, 5) is 39.6. The molecule has 1 aromatic rings. The Balaban J connectivity index is 2.80. The van der Waals surface area contributed by atoms with Gasteiger partial charge in [-0.05, 0) is 46.9 Å². The maximum Gasteiger partial charge on any atom is 0.251 e. The highest BCUT2D eigenvalue weighted by molar-refractivity contribution is 7.90. The molecule has 1 fully saturated rings. The third-order valence-electron chi connectivity index (χ3n) is 5.69. The summed E-state index contributed by atoms with van der Waals surface area (Å²) in [5.41, 5.74) is -4.11. The van der Waals surface area contributed by atoms with Gasteiger partial charge in [-0.2, -0.15) is 0 Å². The molecule has 0 atom stereocenters. The van der Waals surface area contributed by atoms with Gasteiger partial charge >= 0.3 is 0 Å². The Kier molecular flexibility index (Phi) is 7.29. The van der Waals surface area contributed by atoms with Crippen LogP contribution in [0.3, 0.4) is 0 Å². The monoisotopic (exact) mass is 505 g/mol. The Hall–Kier alpha value is -2.17. The van der Waals surface area contributed by atoms with Crippen LogP contribution in [-0.4, -0.2) is 62.0 Å². The zero-order valence-corrected chi connectivity index (χ0v) is 20.7. The van der Waals surface area contributed by atoms with Crippen molar-refractivity contribution in [2.24, 2.45) is 10.8 Å². The normalized spacial score (nSPS) is 18.4. The standard InChI is InChI=1S/C22H26ClF2NO6S/c1-21(2)18(28)15(19(29)22(3,4)20(21)30)17(27)11-7-8-13(33(6,31)32)12(16(11)23)9-26(5)10-14(24)25/h7-8,14,27H,9-10H2,1-6H3. The Bertz CT molecular complexity index is 1140. The molecule has 7 nitrogen and oxygen atoms in total. The van der Waals surface area contributed by atoms with Gasteiger partial charge in [0.05, 0.1) is 27.3 Å². The van der Waals surface area contributed by atoms with E-state index in [1.54, 1.807) is 0 Å². The number of carbonyl (C=O) groups is 3. The maximum absolute atomic E-state index is 13.0. The van der Waals surface area contributed by atoms with E-state index in [4.69, 9.17) is 11.6 Å². The average molecular weight is 506 g/mol. The van der Waals surface area contributed by atoms with Crippen LogP contribution in [0.5, 0.6) is 0 Å². The fourth-order valence-corrected chi connectivity index (χ4v) is 5.22. The number of ketones is 3. The largest absolute Gasteiger partial charge is 0.506 e. The number of allylic oxidation sites excluding steroid dienone is 1. The van der Waals surface area contributed by atoms with Crippen LogP contribution in [-0.2, 0) is 30.8 Å². The number of Topliss-reactive ketones (excluding diaryl/α,β-unsaturated/α-hetero) is 3. The molecule has 1 aromatic carbocycles. The summed E-state index contributed by atoms with van der Waals surface area (Å²) in [6, 6.07) is 2.26. The smallest absolute Gasteiger partial charge is 0.251 e. The van der Waals surface area contributed by atoms with Crippen molar-refractivity contribution in [3.8, 4) is 0 Å². The lowest BCUT2D eigenvalue weighted by Crippen LogP contribution is -2.54. The van der Waals surface area contributed by atoms with Gasteiger partial charge in [-0.15, -0.1) is 0 Å². The Morgan fingerprint density at radius 2 is 1.58 bits per heavy atom. The van der Waals surface area contributed by atoms with Crippen LogP contribution in [0.15, 0.2) is 22.6 Å². The number of carbonyl (C=O) groups excluding carboxylic acids is 3. The molecular formula is C22H26ClF2NO6S. The van der Waals surface area contributed by atoms with Gasteiger partial charge in [-0.3, -0.25) is 19.3 Å². The van der Waals surface area contributed by atoms with Crippen molar-refractivity contribution >= 4 is 44.5 Å². The summed E-state index contributed by atoms with van der Waals surface area (Å²) in [6.45, 7) is 4.41. The highest BCUT2D eigenvalue weighted by Crippen LogP contribution is 2.43. The summed E-state index contributed by atoms with van der Waals surface area (Å²) in [7, 11) is -2.50. The number of sulfone groups is 1. The van der Waals surface area contributed by atoms with E-state index in [1.165, 1.54) is 34.7 Å². The highest BCUT2D eigenvalue weighted by Gasteiger charge is 2.56. The van der Waals surface area contributed by atoms with Crippen molar-refractivity contribution in [3.63, 3.8) is 0 Å². The molecule has 1 aliphatic rings. The highest BCUT2D eigenvalue weighted by atomic mass is 35.5. The van der Waals surface area contributed by atoms with E-state index < -0.39 is 62.3 Å². The van der Waals surface area contributed by atoms with E-state index in [9.17, 15) is 36.7 Å². The van der Waals surface area contributed by atoms with E-state index in [0.29, 0.717) is 0 Å². The number of rotatable bonds is 6. The molecule has 0 radical (unpaired) electrons. The predicted molar refractivity (Wildman–Crippen MR) is 119 cm³/mol. The summed E-state index contributed by atoms with van der Waals surface area (Å²) in [5.74, 6) is -3.20. The molecule has 0 bridgehead atoms. The first-order valence-electron chi connectivity index (χ1n) is 9.91. The van der Waals surface area contributed by atoms with E-state index in [0.717, 1.165) is 23.3 Å².